The number of rotatable bonds is 4. The number of esters is 1. The first-order valence-corrected chi connectivity index (χ1v) is 13.9. The first-order valence-electron chi connectivity index (χ1n) is 13.9. The van der Waals surface area contributed by atoms with Crippen LogP contribution in [0.25, 0.3) is 29.9 Å². The number of allylic oxidation sites excluding steroid dienone is 2. The van der Waals surface area contributed by atoms with E-state index in [1.54, 1.807) is 0 Å². The van der Waals surface area contributed by atoms with Gasteiger partial charge in [0.2, 0.25) is 0 Å². The summed E-state index contributed by atoms with van der Waals surface area (Å²) in [4.78, 5) is 49.6. The zero-order valence-electron chi connectivity index (χ0n) is 24.2. The van der Waals surface area contributed by atoms with Crippen molar-refractivity contribution in [1.29, 1.82) is 0 Å². The second-order valence-corrected chi connectivity index (χ2v) is 11.2. The molecule has 8 nitrogen and oxygen atoms in total. The topological polar surface area (TPSA) is 120 Å². The molecule has 0 amide bonds. The highest BCUT2D eigenvalue weighted by Crippen LogP contribution is 2.47. The standard InChI is InChI=1S/C33H34N4O4/c1-8-18-14(3)21-10-23-15(4)19(9-2)30(36-23)28-29(33(40)41-7)32(39)27-17(6)24(37-31(27)28)11-22-16(5)20(13-38)26(35-22)12-25(18)34-21/h8,10-13,15,19,29,34-37H,1,9H2,2-7H3/b22-11-,23-10-,26-12-,30-28-/t15-,19-,29+/m0/s1. The van der Waals surface area contributed by atoms with Gasteiger partial charge in [0.25, 0.3) is 0 Å². The molecule has 0 aromatic carbocycles. The third-order valence-electron chi connectivity index (χ3n) is 9.20. The highest BCUT2D eigenvalue weighted by atomic mass is 16.5. The van der Waals surface area contributed by atoms with E-state index in [1.807, 2.05) is 39.0 Å². The lowest BCUT2D eigenvalue weighted by molar-refractivity contribution is -0.141. The third kappa shape index (κ3) is 3.70. The molecule has 8 heteroatoms. The van der Waals surface area contributed by atoms with E-state index < -0.39 is 11.9 Å². The van der Waals surface area contributed by atoms with Crippen LogP contribution in [0.2, 0.25) is 0 Å². The molecule has 1 saturated heterocycles. The van der Waals surface area contributed by atoms with Crippen LogP contribution in [0.1, 0.15) is 86.0 Å². The summed E-state index contributed by atoms with van der Waals surface area (Å²) < 4.78 is 5.15. The molecular formula is C33H34N4O4. The highest BCUT2D eigenvalue weighted by Gasteiger charge is 2.48. The minimum Gasteiger partial charge on any atom is -0.468 e. The predicted octanol–water partition coefficient (Wildman–Crippen LogP) is 4.03. The summed E-state index contributed by atoms with van der Waals surface area (Å²) in [7, 11) is 1.32. The van der Waals surface area contributed by atoms with Crippen molar-refractivity contribution in [1.82, 2.24) is 20.3 Å². The minimum atomic E-state index is -1.04. The van der Waals surface area contributed by atoms with Gasteiger partial charge in [-0.05, 0) is 62.1 Å². The van der Waals surface area contributed by atoms with Crippen LogP contribution in [0.3, 0.4) is 0 Å². The second kappa shape index (κ2) is 9.51. The molecule has 8 bridgehead atoms. The lowest BCUT2D eigenvalue weighted by Crippen LogP contribution is -2.25. The Kier molecular flexibility index (Phi) is 6.17. The lowest BCUT2D eigenvalue weighted by atomic mass is 9.86. The number of H-pyrrole nitrogens is 3. The highest BCUT2D eigenvalue weighted by molar-refractivity contribution is 6.24. The van der Waals surface area contributed by atoms with Crippen molar-refractivity contribution in [3.8, 4) is 0 Å². The normalized spacial score (nSPS) is 25.5. The third-order valence-corrected chi connectivity index (χ3v) is 9.20. The van der Waals surface area contributed by atoms with Gasteiger partial charge in [-0.25, -0.2) is 0 Å². The Hall–Kier alpha value is -4.59. The number of ketones is 1. The Bertz CT molecular complexity index is 1870. The van der Waals surface area contributed by atoms with Crippen LogP contribution in [0.4, 0.5) is 0 Å². The summed E-state index contributed by atoms with van der Waals surface area (Å²) in [6.45, 7) is 14.2. The largest absolute Gasteiger partial charge is 0.468 e. The van der Waals surface area contributed by atoms with Gasteiger partial charge in [0, 0.05) is 67.9 Å². The van der Waals surface area contributed by atoms with Crippen molar-refractivity contribution < 1.29 is 19.1 Å². The Balaban J connectivity index is 1.76. The maximum atomic E-state index is 13.9. The van der Waals surface area contributed by atoms with E-state index in [0.717, 1.165) is 68.8 Å². The van der Waals surface area contributed by atoms with Gasteiger partial charge < -0.3 is 25.0 Å². The van der Waals surface area contributed by atoms with E-state index in [0.29, 0.717) is 27.7 Å². The van der Waals surface area contributed by atoms with E-state index in [1.165, 1.54) is 7.11 Å². The van der Waals surface area contributed by atoms with Crippen molar-refractivity contribution in [2.45, 2.75) is 41.0 Å². The number of hydrogen-bond acceptors (Lipinski definition) is 5. The average Bonchev–Trinajstić information content (AvgIpc) is 3.69. The summed E-state index contributed by atoms with van der Waals surface area (Å²) in [5.41, 5.74) is 10.3. The van der Waals surface area contributed by atoms with Crippen LogP contribution in [-0.2, 0) is 9.53 Å². The quantitative estimate of drug-likeness (QED) is 0.222. The molecule has 3 atom stereocenters. The molecule has 41 heavy (non-hydrogen) atoms. The van der Waals surface area contributed by atoms with Gasteiger partial charge in [-0.15, -0.1) is 0 Å². The van der Waals surface area contributed by atoms with Crippen molar-refractivity contribution in [2.75, 3.05) is 7.11 Å². The summed E-state index contributed by atoms with van der Waals surface area (Å²) >= 11 is 0. The summed E-state index contributed by atoms with van der Waals surface area (Å²) in [6, 6.07) is 0. The lowest BCUT2D eigenvalue weighted by Gasteiger charge is -2.18. The number of hydrogen-bond donors (Lipinski definition) is 4. The number of aromatic amines is 3. The number of carbonyl (C=O) groups excluding carboxylic acids is 3. The van der Waals surface area contributed by atoms with Crippen LogP contribution in [0, 0.1) is 38.5 Å². The summed E-state index contributed by atoms with van der Waals surface area (Å²) in [6.07, 6.45) is 9.47. The molecule has 1 aliphatic carbocycles. The molecule has 5 heterocycles. The van der Waals surface area contributed by atoms with Gasteiger partial charge in [-0.2, -0.15) is 0 Å². The fourth-order valence-corrected chi connectivity index (χ4v) is 6.82. The maximum absolute atomic E-state index is 13.9. The molecular weight excluding hydrogens is 516 g/mol. The number of ether oxygens (including phenoxy) is 1. The van der Waals surface area contributed by atoms with Gasteiger partial charge in [-0.3, -0.25) is 14.4 Å². The molecule has 1 fully saturated rings. The molecule has 3 aromatic heterocycles. The number of methoxy groups -OCH3 is 1. The summed E-state index contributed by atoms with van der Waals surface area (Å²) in [5.74, 6) is -1.71. The molecule has 0 radical (unpaired) electrons. The fourth-order valence-electron chi connectivity index (χ4n) is 6.82. The van der Waals surface area contributed by atoms with E-state index in [2.05, 4.69) is 46.8 Å². The molecule has 2 aliphatic heterocycles. The maximum Gasteiger partial charge on any atom is 0.321 e. The second-order valence-electron chi connectivity index (χ2n) is 11.2. The molecule has 0 unspecified atom stereocenters. The van der Waals surface area contributed by atoms with Gasteiger partial charge in [0.15, 0.2) is 12.1 Å². The molecule has 210 valence electrons. The molecule has 0 spiro atoms. The van der Waals surface area contributed by atoms with Gasteiger partial charge in [0.05, 0.1) is 18.2 Å². The number of carbonyl (C=O) groups is 3. The number of Topliss-reactive ketones (excluding diaryl/α,β-unsaturated/α-hetero) is 1. The molecule has 3 aromatic rings. The zero-order chi connectivity index (χ0) is 29.3. The number of aldehydes is 1. The van der Waals surface area contributed by atoms with E-state index in [9.17, 15) is 14.4 Å². The molecule has 4 N–H and O–H groups in total. The van der Waals surface area contributed by atoms with Crippen molar-refractivity contribution >= 4 is 47.9 Å². The van der Waals surface area contributed by atoms with Crippen molar-refractivity contribution in [3.63, 3.8) is 0 Å². The van der Waals surface area contributed by atoms with E-state index >= 15 is 0 Å². The number of aromatic nitrogens is 3. The van der Waals surface area contributed by atoms with Crippen LogP contribution in [-0.4, -0.2) is 40.1 Å². The van der Waals surface area contributed by atoms with E-state index in [4.69, 9.17) is 4.74 Å². The smallest absolute Gasteiger partial charge is 0.321 e. The Morgan fingerprint density at radius 3 is 2.34 bits per heavy atom. The SMILES string of the molecule is C=Cc1c2[nH]c(c1C)/C=C1\N/C(=C3\c4[nH]c(c(C)c4C(=O)[C@@H]3C(=O)OC)/C=c3\[nH]/c(c(C=O)c3C)=C\2)[C@@H](CC)[C@@H]1C. The average molecular weight is 551 g/mol. The zero-order valence-corrected chi connectivity index (χ0v) is 24.2. The van der Waals surface area contributed by atoms with Crippen LogP contribution < -0.4 is 16.0 Å². The first-order chi connectivity index (χ1) is 19.6. The molecule has 6 rings (SSSR count). The molecule has 3 aliphatic rings. The van der Waals surface area contributed by atoms with Crippen LogP contribution >= 0.6 is 0 Å². The Morgan fingerprint density at radius 1 is 0.976 bits per heavy atom. The first kappa shape index (κ1) is 26.6. The van der Waals surface area contributed by atoms with Crippen molar-refractivity contribution in [2.24, 2.45) is 17.8 Å². The number of fused-ring (bicyclic) bond motifs is 7. The molecule has 0 saturated carbocycles. The van der Waals surface area contributed by atoms with Crippen LogP contribution in [0.15, 0.2) is 18.0 Å². The van der Waals surface area contributed by atoms with Crippen LogP contribution in [0.5, 0.6) is 0 Å². The van der Waals surface area contributed by atoms with Crippen molar-refractivity contribution in [3.05, 3.63) is 84.8 Å². The van der Waals surface area contributed by atoms with Gasteiger partial charge in [0.1, 0.15) is 5.92 Å². The summed E-state index contributed by atoms with van der Waals surface area (Å²) in [5, 5.41) is 5.07. The predicted molar refractivity (Wildman–Crippen MR) is 159 cm³/mol. The monoisotopic (exact) mass is 550 g/mol. The fraction of sp³-hybridized carbons (Fsp3) is 0.303. The van der Waals surface area contributed by atoms with Gasteiger partial charge in [-0.1, -0.05) is 26.5 Å². The Labute approximate surface area is 238 Å². The van der Waals surface area contributed by atoms with E-state index in [-0.39, 0.29) is 17.6 Å². The Morgan fingerprint density at radius 2 is 1.68 bits per heavy atom. The van der Waals surface area contributed by atoms with Gasteiger partial charge >= 0.3 is 5.97 Å². The minimum absolute atomic E-state index is 0.0667. The number of nitrogens with one attached hydrogen (secondary N) is 4.